The summed E-state index contributed by atoms with van der Waals surface area (Å²) in [5, 5.41) is 2.01. The number of rotatable bonds is 4. The van der Waals surface area contributed by atoms with E-state index >= 15 is 0 Å². The highest BCUT2D eigenvalue weighted by molar-refractivity contribution is 8.00. The number of thioether (sulfide) groups is 1. The molecule has 0 aliphatic carbocycles. The van der Waals surface area contributed by atoms with Gasteiger partial charge in [0.15, 0.2) is 5.76 Å². The molecule has 2 heterocycles. The van der Waals surface area contributed by atoms with Gasteiger partial charge >= 0.3 is 5.91 Å². The molecule has 2 aromatic rings. The summed E-state index contributed by atoms with van der Waals surface area (Å²) in [5.41, 5.74) is 4.05. The van der Waals surface area contributed by atoms with Gasteiger partial charge in [-0.2, -0.15) is 0 Å². The fourth-order valence-corrected chi connectivity index (χ4v) is 3.27. The van der Waals surface area contributed by atoms with E-state index in [0.29, 0.717) is 0 Å². The second-order valence-electron chi connectivity index (χ2n) is 3.71. The van der Waals surface area contributed by atoms with Gasteiger partial charge in [0, 0.05) is 22.4 Å². The molecule has 96 valence electrons. The Morgan fingerprint density at radius 1 is 1.61 bits per heavy atom. The number of aryl methyl sites for hydroxylation is 2. The first kappa shape index (κ1) is 13.1. The van der Waals surface area contributed by atoms with Gasteiger partial charge in [0.25, 0.3) is 0 Å². The molecule has 1 amide bonds. The van der Waals surface area contributed by atoms with E-state index < -0.39 is 5.91 Å². The summed E-state index contributed by atoms with van der Waals surface area (Å²) in [6, 6.07) is 1.71. The molecule has 0 saturated carbocycles. The molecule has 0 bridgehead atoms. The van der Waals surface area contributed by atoms with Crippen LogP contribution < -0.4 is 11.3 Å². The fourth-order valence-electron chi connectivity index (χ4n) is 1.38. The van der Waals surface area contributed by atoms with Crippen molar-refractivity contribution in [1.29, 1.82) is 0 Å². The molecule has 0 aliphatic heterocycles. The van der Waals surface area contributed by atoms with Gasteiger partial charge in [0.1, 0.15) is 10.1 Å². The fraction of sp³-hybridized carbons (Fsp3) is 0.273. The summed E-state index contributed by atoms with van der Waals surface area (Å²) >= 11 is 3.24. The highest BCUT2D eigenvalue weighted by Gasteiger charge is 2.13. The molecule has 2 rings (SSSR count). The number of hydrogen-bond donors (Lipinski definition) is 2. The SMILES string of the molecule is Cc1csc(SCc2cc(C(=O)NN)oc2C)n1. The predicted molar refractivity (Wildman–Crippen MR) is 71.5 cm³/mol. The Bertz CT molecular complexity index is 562. The van der Waals surface area contributed by atoms with Gasteiger partial charge in [0.2, 0.25) is 0 Å². The lowest BCUT2D eigenvalue weighted by atomic mass is 10.3. The maximum absolute atomic E-state index is 11.3. The van der Waals surface area contributed by atoms with Crippen LogP contribution >= 0.6 is 23.1 Å². The minimum atomic E-state index is -0.417. The number of amides is 1. The van der Waals surface area contributed by atoms with Crippen LogP contribution in [0.1, 0.15) is 27.6 Å². The molecule has 2 aromatic heterocycles. The number of hydrogen-bond acceptors (Lipinski definition) is 6. The molecule has 0 atom stereocenters. The number of furan rings is 1. The molecule has 0 spiro atoms. The lowest BCUT2D eigenvalue weighted by molar-refractivity contribution is 0.0924. The third-order valence-electron chi connectivity index (χ3n) is 2.32. The van der Waals surface area contributed by atoms with Crippen molar-refractivity contribution in [1.82, 2.24) is 10.4 Å². The van der Waals surface area contributed by atoms with Crippen LogP contribution in [-0.4, -0.2) is 10.9 Å². The maximum Gasteiger partial charge on any atom is 0.300 e. The Morgan fingerprint density at radius 3 is 3.00 bits per heavy atom. The maximum atomic E-state index is 11.3. The van der Waals surface area contributed by atoms with Crippen molar-refractivity contribution >= 4 is 29.0 Å². The molecule has 0 aromatic carbocycles. The highest BCUT2D eigenvalue weighted by Crippen LogP contribution is 2.28. The predicted octanol–water partition coefficient (Wildman–Crippen LogP) is 2.25. The largest absolute Gasteiger partial charge is 0.456 e. The molecule has 0 unspecified atom stereocenters. The van der Waals surface area contributed by atoms with Crippen LogP contribution in [-0.2, 0) is 5.75 Å². The van der Waals surface area contributed by atoms with Crippen molar-refractivity contribution in [2.45, 2.75) is 23.9 Å². The molecule has 0 aliphatic rings. The summed E-state index contributed by atoms with van der Waals surface area (Å²) in [5.74, 6) is 6.33. The van der Waals surface area contributed by atoms with E-state index in [2.05, 4.69) is 4.98 Å². The summed E-state index contributed by atoms with van der Waals surface area (Å²) in [6.07, 6.45) is 0. The molecule has 7 heteroatoms. The number of aromatic nitrogens is 1. The van der Waals surface area contributed by atoms with E-state index in [1.54, 1.807) is 29.2 Å². The monoisotopic (exact) mass is 283 g/mol. The molecule has 0 saturated heterocycles. The molecule has 3 N–H and O–H groups in total. The van der Waals surface area contributed by atoms with Gasteiger partial charge < -0.3 is 4.42 Å². The van der Waals surface area contributed by atoms with Gasteiger partial charge in [0.05, 0.1) is 0 Å². The van der Waals surface area contributed by atoms with Crippen molar-refractivity contribution in [2.24, 2.45) is 5.84 Å². The average molecular weight is 283 g/mol. The van der Waals surface area contributed by atoms with Crippen LogP contribution in [0.3, 0.4) is 0 Å². The quantitative estimate of drug-likeness (QED) is 0.389. The number of thiazole rings is 1. The molecule has 18 heavy (non-hydrogen) atoms. The first-order valence-corrected chi connectivity index (χ1v) is 7.12. The third kappa shape index (κ3) is 2.92. The lowest BCUT2D eigenvalue weighted by Crippen LogP contribution is -2.29. The average Bonchev–Trinajstić information content (AvgIpc) is 2.92. The van der Waals surface area contributed by atoms with Crippen molar-refractivity contribution in [2.75, 3.05) is 0 Å². The van der Waals surface area contributed by atoms with E-state index in [1.165, 1.54) is 0 Å². The number of carbonyl (C=O) groups excluding carboxylic acids is 1. The normalized spacial score (nSPS) is 10.6. The van der Waals surface area contributed by atoms with Crippen LogP contribution in [0.15, 0.2) is 20.2 Å². The van der Waals surface area contributed by atoms with Crippen LogP contribution in [0, 0.1) is 13.8 Å². The first-order valence-electron chi connectivity index (χ1n) is 5.25. The molecular weight excluding hydrogens is 270 g/mol. The second-order valence-corrected chi connectivity index (χ2v) is 5.79. The van der Waals surface area contributed by atoms with E-state index in [9.17, 15) is 4.79 Å². The zero-order valence-corrected chi connectivity index (χ0v) is 11.7. The number of carbonyl (C=O) groups is 1. The van der Waals surface area contributed by atoms with Gasteiger partial charge in [-0.25, -0.2) is 10.8 Å². The standard InChI is InChI=1S/C11H13N3O2S2/c1-6-4-17-11(13-6)18-5-8-3-9(10(15)14-12)16-7(8)2/h3-4H,5,12H2,1-2H3,(H,14,15). The van der Waals surface area contributed by atoms with Crippen LogP contribution in [0.4, 0.5) is 0 Å². The smallest absolute Gasteiger partial charge is 0.300 e. The Labute approximate surface area is 113 Å². The third-order valence-corrected chi connectivity index (χ3v) is 4.51. The lowest BCUT2D eigenvalue weighted by Gasteiger charge is -1.95. The van der Waals surface area contributed by atoms with E-state index in [-0.39, 0.29) is 5.76 Å². The van der Waals surface area contributed by atoms with Crippen LogP contribution in [0.5, 0.6) is 0 Å². The second kappa shape index (κ2) is 5.55. The Balaban J connectivity index is 2.05. The molecule has 0 fully saturated rings. The van der Waals surface area contributed by atoms with Gasteiger partial charge in [-0.1, -0.05) is 11.8 Å². The Morgan fingerprint density at radius 2 is 2.39 bits per heavy atom. The number of nitrogens with one attached hydrogen (secondary N) is 1. The van der Waals surface area contributed by atoms with Crippen molar-refractivity contribution in [3.05, 3.63) is 34.2 Å². The molecule has 0 radical (unpaired) electrons. The minimum absolute atomic E-state index is 0.237. The molecule has 5 nitrogen and oxygen atoms in total. The number of nitrogen functional groups attached to an aromatic ring is 1. The number of nitrogens with zero attached hydrogens (tertiary/aromatic N) is 1. The van der Waals surface area contributed by atoms with Crippen molar-refractivity contribution in [3.8, 4) is 0 Å². The first-order chi connectivity index (χ1) is 8.60. The van der Waals surface area contributed by atoms with Crippen molar-refractivity contribution in [3.63, 3.8) is 0 Å². The van der Waals surface area contributed by atoms with Crippen LogP contribution in [0.2, 0.25) is 0 Å². The van der Waals surface area contributed by atoms with Gasteiger partial charge in [-0.15, -0.1) is 11.3 Å². The Hall–Kier alpha value is -1.31. The number of hydrazine groups is 1. The summed E-state index contributed by atoms with van der Waals surface area (Å²) in [7, 11) is 0. The Kier molecular flexibility index (Phi) is 4.05. The van der Waals surface area contributed by atoms with E-state index in [1.807, 2.05) is 24.7 Å². The zero-order chi connectivity index (χ0) is 13.1. The van der Waals surface area contributed by atoms with Gasteiger partial charge in [-0.05, 0) is 19.9 Å². The summed E-state index contributed by atoms with van der Waals surface area (Å²) in [4.78, 5) is 15.7. The van der Waals surface area contributed by atoms with Gasteiger partial charge in [-0.3, -0.25) is 10.2 Å². The van der Waals surface area contributed by atoms with Crippen molar-refractivity contribution < 1.29 is 9.21 Å². The zero-order valence-electron chi connectivity index (χ0n) is 10.0. The summed E-state index contributed by atoms with van der Waals surface area (Å²) < 4.78 is 6.35. The molecular formula is C11H13N3O2S2. The van der Waals surface area contributed by atoms with Crippen LogP contribution in [0.25, 0.3) is 0 Å². The van der Waals surface area contributed by atoms with E-state index in [4.69, 9.17) is 10.3 Å². The van der Waals surface area contributed by atoms with E-state index in [0.717, 1.165) is 27.1 Å². The topological polar surface area (TPSA) is 81.2 Å². The minimum Gasteiger partial charge on any atom is -0.456 e. The highest BCUT2D eigenvalue weighted by atomic mass is 32.2. The summed E-state index contributed by atoms with van der Waals surface area (Å²) in [6.45, 7) is 3.80. The number of nitrogens with two attached hydrogens (primary N) is 1.